The number of ether oxygens (including phenoxy) is 1. The normalized spacial score (nSPS) is 16.1. The van der Waals surface area contributed by atoms with Gasteiger partial charge in [-0.2, -0.15) is 4.31 Å². The van der Waals surface area contributed by atoms with Gasteiger partial charge in [-0.25, -0.2) is 8.42 Å². The number of nitrogens with one attached hydrogen (secondary N) is 1. The summed E-state index contributed by atoms with van der Waals surface area (Å²) >= 11 is 0. The molecule has 0 aromatic heterocycles. The molecule has 2 atom stereocenters. The quantitative estimate of drug-likeness (QED) is 0.238. The molecule has 9 nitrogen and oxygen atoms in total. The van der Waals surface area contributed by atoms with Gasteiger partial charge in [-0.15, -0.1) is 0 Å². The Balaban J connectivity index is 1.85. The van der Waals surface area contributed by atoms with Crippen molar-refractivity contribution in [1.29, 1.82) is 0 Å². The van der Waals surface area contributed by atoms with E-state index in [0.717, 1.165) is 18.4 Å². The molecule has 3 rings (SSSR count). The van der Waals surface area contributed by atoms with E-state index in [0.29, 0.717) is 25.0 Å². The smallest absolute Gasteiger partial charge is 0.243 e. The Bertz CT molecular complexity index is 1150. The molecule has 0 radical (unpaired) electrons. The van der Waals surface area contributed by atoms with Crippen molar-refractivity contribution in [3.63, 3.8) is 0 Å². The lowest BCUT2D eigenvalue weighted by Crippen LogP contribution is -2.53. The van der Waals surface area contributed by atoms with Crippen LogP contribution in [0.3, 0.4) is 0 Å². The molecule has 37 heavy (non-hydrogen) atoms. The van der Waals surface area contributed by atoms with Crippen LogP contribution in [0, 0.1) is 5.41 Å². The molecule has 0 spiro atoms. The lowest BCUT2D eigenvalue weighted by molar-refractivity contribution is -0.136. The average Bonchev–Trinajstić information content (AvgIpc) is 3.71. The van der Waals surface area contributed by atoms with Crippen molar-refractivity contribution in [3.05, 3.63) is 60.2 Å². The number of rotatable bonds is 15. The number of hydrogen-bond donors (Lipinski definition) is 3. The number of primary amides is 1. The Hall–Kier alpha value is -2.95. The third-order valence-electron chi connectivity index (χ3n) is 6.83. The highest BCUT2D eigenvalue weighted by molar-refractivity contribution is 7.89. The topological polar surface area (TPSA) is 139 Å². The number of nitrogens with two attached hydrogens (primary N) is 1. The van der Waals surface area contributed by atoms with Crippen molar-refractivity contribution in [2.45, 2.75) is 62.5 Å². The van der Waals surface area contributed by atoms with E-state index < -0.39 is 39.4 Å². The Morgan fingerprint density at radius 2 is 1.76 bits per heavy atom. The summed E-state index contributed by atoms with van der Waals surface area (Å²) in [7, 11) is -2.43. The molecule has 0 saturated heterocycles. The first-order valence-corrected chi connectivity index (χ1v) is 14.0. The van der Waals surface area contributed by atoms with Gasteiger partial charge in [-0.3, -0.25) is 9.59 Å². The molecule has 2 aromatic rings. The van der Waals surface area contributed by atoms with Crippen LogP contribution in [0.25, 0.3) is 0 Å². The molecule has 1 aliphatic rings. The van der Waals surface area contributed by atoms with Crippen molar-refractivity contribution >= 4 is 21.8 Å². The second-order valence-electron chi connectivity index (χ2n) is 9.53. The van der Waals surface area contributed by atoms with Crippen LogP contribution in [-0.2, 0) is 26.0 Å². The standard InChI is InChI=1S/C27H37N3O6S/c1-3-4-8-17-30(37(34,35)22-13-11-21(36-2)12-14-22)19-24(31)23(18-20-9-6-5-7-10-20)29-26(33)27(15-16-27)25(28)32/h5-7,9-14,23-24,31H,3-4,8,15-19H2,1-2H3,(H2,28,32)(H,29,33)/t23-,24+/m0/s1. The van der Waals surface area contributed by atoms with Gasteiger partial charge < -0.3 is 20.9 Å². The first-order chi connectivity index (χ1) is 17.6. The molecule has 2 aromatic carbocycles. The van der Waals surface area contributed by atoms with E-state index in [2.05, 4.69) is 5.32 Å². The Kier molecular flexibility index (Phi) is 9.69. The van der Waals surface area contributed by atoms with Crippen LogP contribution in [-0.4, -0.2) is 62.0 Å². The number of carbonyl (C=O) groups excluding carboxylic acids is 2. The van der Waals surface area contributed by atoms with Crippen molar-refractivity contribution in [3.8, 4) is 5.75 Å². The highest BCUT2D eigenvalue weighted by Crippen LogP contribution is 2.45. The number of aliphatic hydroxyl groups excluding tert-OH is 1. The van der Waals surface area contributed by atoms with E-state index in [1.165, 1.54) is 23.5 Å². The first-order valence-electron chi connectivity index (χ1n) is 12.6. The van der Waals surface area contributed by atoms with Crippen LogP contribution < -0.4 is 15.8 Å². The SMILES string of the molecule is CCCCCN(C[C@@H](O)[C@H](Cc1ccccc1)NC(=O)C1(C(N)=O)CC1)S(=O)(=O)c1ccc(OC)cc1. The summed E-state index contributed by atoms with van der Waals surface area (Å²) in [6.45, 7) is 2.02. The Morgan fingerprint density at radius 1 is 1.11 bits per heavy atom. The fourth-order valence-corrected chi connectivity index (χ4v) is 5.75. The van der Waals surface area contributed by atoms with Gasteiger partial charge >= 0.3 is 0 Å². The molecule has 1 saturated carbocycles. The van der Waals surface area contributed by atoms with Crippen LogP contribution in [0.4, 0.5) is 0 Å². The number of nitrogens with zero attached hydrogens (tertiary/aromatic N) is 1. The third kappa shape index (κ3) is 7.09. The number of benzene rings is 2. The maximum absolute atomic E-state index is 13.5. The summed E-state index contributed by atoms with van der Waals surface area (Å²) in [5.41, 5.74) is 5.06. The Labute approximate surface area is 219 Å². The van der Waals surface area contributed by atoms with E-state index >= 15 is 0 Å². The molecule has 1 aliphatic carbocycles. The zero-order valence-corrected chi connectivity index (χ0v) is 22.2. The number of sulfonamides is 1. The molecule has 0 aliphatic heterocycles. The van der Waals surface area contributed by atoms with E-state index in [4.69, 9.17) is 10.5 Å². The number of amides is 2. The number of unbranched alkanes of at least 4 members (excludes halogenated alkanes) is 2. The van der Waals surface area contributed by atoms with Gasteiger partial charge in [0.1, 0.15) is 11.2 Å². The molecule has 4 N–H and O–H groups in total. The van der Waals surface area contributed by atoms with Gasteiger partial charge in [0.25, 0.3) is 0 Å². The van der Waals surface area contributed by atoms with Crippen molar-refractivity contribution in [1.82, 2.24) is 9.62 Å². The average molecular weight is 532 g/mol. The number of aliphatic hydroxyl groups is 1. The van der Waals surface area contributed by atoms with Gasteiger partial charge in [0, 0.05) is 13.1 Å². The van der Waals surface area contributed by atoms with Crippen molar-refractivity contribution < 1.29 is 27.9 Å². The van der Waals surface area contributed by atoms with Gasteiger partial charge in [0.2, 0.25) is 21.8 Å². The zero-order chi connectivity index (χ0) is 27.1. The Morgan fingerprint density at radius 3 is 2.30 bits per heavy atom. The molecule has 10 heteroatoms. The van der Waals surface area contributed by atoms with Gasteiger partial charge in [-0.05, 0) is 55.5 Å². The fraction of sp³-hybridized carbons (Fsp3) is 0.481. The van der Waals surface area contributed by atoms with Gasteiger partial charge in [0.05, 0.1) is 24.2 Å². The van der Waals surface area contributed by atoms with Crippen LogP contribution in [0.1, 0.15) is 44.6 Å². The van der Waals surface area contributed by atoms with E-state index in [-0.39, 0.29) is 24.4 Å². The minimum absolute atomic E-state index is 0.0892. The third-order valence-corrected chi connectivity index (χ3v) is 8.71. The summed E-state index contributed by atoms with van der Waals surface area (Å²) in [6, 6.07) is 14.5. The highest BCUT2D eigenvalue weighted by Gasteiger charge is 2.56. The van der Waals surface area contributed by atoms with Crippen molar-refractivity contribution in [2.24, 2.45) is 11.1 Å². The predicted molar refractivity (Wildman–Crippen MR) is 140 cm³/mol. The minimum atomic E-state index is -3.93. The van der Waals surface area contributed by atoms with Crippen LogP contribution >= 0.6 is 0 Å². The number of hydrogen-bond acceptors (Lipinski definition) is 6. The lowest BCUT2D eigenvalue weighted by atomic mass is 9.98. The predicted octanol–water partition coefficient (Wildman–Crippen LogP) is 2.23. The lowest BCUT2D eigenvalue weighted by Gasteiger charge is -2.30. The molecule has 0 bridgehead atoms. The molecule has 1 fully saturated rings. The summed E-state index contributed by atoms with van der Waals surface area (Å²) in [5.74, 6) is -0.692. The molecular formula is C27H37N3O6S. The van der Waals surface area contributed by atoms with Crippen LogP contribution in [0.2, 0.25) is 0 Å². The highest BCUT2D eigenvalue weighted by atomic mass is 32.2. The molecule has 0 unspecified atom stereocenters. The van der Waals surface area contributed by atoms with Crippen LogP contribution in [0.5, 0.6) is 5.75 Å². The summed E-state index contributed by atoms with van der Waals surface area (Å²) in [5, 5.41) is 14.1. The van der Waals surface area contributed by atoms with Crippen LogP contribution in [0.15, 0.2) is 59.5 Å². The number of methoxy groups -OCH3 is 1. The van der Waals surface area contributed by atoms with Gasteiger partial charge in [-0.1, -0.05) is 50.1 Å². The molecule has 202 valence electrons. The number of carbonyl (C=O) groups is 2. The monoisotopic (exact) mass is 531 g/mol. The minimum Gasteiger partial charge on any atom is -0.497 e. The van der Waals surface area contributed by atoms with E-state index in [1.807, 2.05) is 37.3 Å². The molecule has 0 heterocycles. The summed E-state index contributed by atoms with van der Waals surface area (Å²) in [6.07, 6.45) is 2.10. The second-order valence-corrected chi connectivity index (χ2v) is 11.5. The largest absolute Gasteiger partial charge is 0.497 e. The van der Waals surface area contributed by atoms with Gasteiger partial charge in [0.15, 0.2) is 0 Å². The van der Waals surface area contributed by atoms with E-state index in [1.54, 1.807) is 12.1 Å². The summed E-state index contributed by atoms with van der Waals surface area (Å²) < 4.78 is 33.5. The van der Waals surface area contributed by atoms with Crippen molar-refractivity contribution in [2.75, 3.05) is 20.2 Å². The first kappa shape index (κ1) is 28.6. The fourth-order valence-electron chi connectivity index (χ4n) is 4.25. The maximum atomic E-state index is 13.5. The second kappa shape index (κ2) is 12.5. The molecule has 2 amide bonds. The molecular weight excluding hydrogens is 494 g/mol. The summed E-state index contributed by atoms with van der Waals surface area (Å²) in [4.78, 5) is 25.0. The maximum Gasteiger partial charge on any atom is 0.243 e. The van der Waals surface area contributed by atoms with E-state index in [9.17, 15) is 23.1 Å². The zero-order valence-electron chi connectivity index (χ0n) is 21.4.